The molecule has 1 aliphatic rings. The Balaban J connectivity index is 1.72. The molecule has 1 aromatic carbocycles. The molecule has 7 heteroatoms. The average Bonchev–Trinajstić information content (AvgIpc) is 2.66. The van der Waals surface area contributed by atoms with Gasteiger partial charge in [0.15, 0.2) is 0 Å². The molecule has 6 nitrogen and oxygen atoms in total. The fraction of sp³-hybridized carbons (Fsp3) is 0.400. The van der Waals surface area contributed by atoms with Gasteiger partial charge in [0.2, 0.25) is 15.9 Å². The SMILES string of the molecule is CS(=O)(=O)N(CC(=O)NCCC1=CCCCC1)c1cccc2cccnc12. The number of amides is 1. The van der Waals surface area contributed by atoms with Crippen LogP contribution in [0.15, 0.2) is 48.2 Å². The van der Waals surface area contributed by atoms with Gasteiger partial charge in [-0.05, 0) is 44.2 Å². The summed E-state index contributed by atoms with van der Waals surface area (Å²) in [5.41, 5.74) is 2.35. The maximum Gasteiger partial charge on any atom is 0.240 e. The smallest absolute Gasteiger partial charge is 0.240 e. The van der Waals surface area contributed by atoms with Gasteiger partial charge in [0.1, 0.15) is 6.54 Å². The summed E-state index contributed by atoms with van der Waals surface area (Å²) in [5.74, 6) is -0.315. The van der Waals surface area contributed by atoms with E-state index in [2.05, 4.69) is 16.4 Å². The third-order valence-corrected chi connectivity index (χ3v) is 5.85. The zero-order valence-electron chi connectivity index (χ0n) is 15.5. The van der Waals surface area contributed by atoms with Crippen molar-refractivity contribution in [3.63, 3.8) is 0 Å². The van der Waals surface area contributed by atoms with Gasteiger partial charge in [0.05, 0.1) is 17.5 Å². The number of para-hydroxylation sites is 1. The van der Waals surface area contributed by atoms with E-state index in [-0.39, 0.29) is 12.5 Å². The summed E-state index contributed by atoms with van der Waals surface area (Å²) in [4.78, 5) is 16.7. The fourth-order valence-corrected chi connectivity index (χ4v) is 4.21. The number of anilines is 1. The van der Waals surface area contributed by atoms with Gasteiger partial charge in [0, 0.05) is 18.1 Å². The second-order valence-electron chi connectivity index (χ2n) is 6.83. The minimum atomic E-state index is -3.63. The highest BCUT2D eigenvalue weighted by atomic mass is 32.2. The summed E-state index contributed by atoms with van der Waals surface area (Å²) in [7, 11) is -3.63. The molecule has 1 amide bonds. The number of benzene rings is 1. The summed E-state index contributed by atoms with van der Waals surface area (Å²) >= 11 is 0. The van der Waals surface area contributed by atoms with E-state index >= 15 is 0 Å². The summed E-state index contributed by atoms with van der Waals surface area (Å²) in [6.45, 7) is 0.267. The van der Waals surface area contributed by atoms with Crippen molar-refractivity contribution in [1.29, 1.82) is 0 Å². The Labute approximate surface area is 160 Å². The highest BCUT2D eigenvalue weighted by molar-refractivity contribution is 7.92. The third-order valence-electron chi connectivity index (χ3n) is 4.72. The van der Waals surface area contributed by atoms with Crippen LogP contribution in [0.3, 0.4) is 0 Å². The van der Waals surface area contributed by atoms with Crippen molar-refractivity contribution < 1.29 is 13.2 Å². The average molecular weight is 388 g/mol. The molecular formula is C20H25N3O3S. The molecule has 27 heavy (non-hydrogen) atoms. The number of carbonyl (C=O) groups is 1. The van der Waals surface area contributed by atoms with Gasteiger partial charge in [-0.3, -0.25) is 14.1 Å². The first-order valence-electron chi connectivity index (χ1n) is 9.21. The topological polar surface area (TPSA) is 79.4 Å². The van der Waals surface area contributed by atoms with Crippen LogP contribution in [0.1, 0.15) is 32.1 Å². The lowest BCUT2D eigenvalue weighted by molar-refractivity contribution is -0.119. The first-order chi connectivity index (χ1) is 12.9. The van der Waals surface area contributed by atoms with E-state index in [4.69, 9.17) is 0 Å². The quantitative estimate of drug-likeness (QED) is 0.741. The minimum Gasteiger partial charge on any atom is -0.354 e. The molecule has 0 atom stereocenters. The van der Waals surface area contributed by atoms with E-state index in [9.17, 15) is 13.2 Å². The standard InChI is InChI=1S/C20H25N3O3S/c1-27(25,26)23(18-11-5-9-17-10-6-13-22-20(17)18)15-19(24)21-14-12-16-7-3-2-4-8-16/h5-7,9-11,13H,2-4,8,12,14-15H2,1H3,(H,21,24). The van der Waals surface area contributed by atoms with Gasteiger partial charge < -0.3 is 5.32 Å². The van der Waals surface area contributed by atoms with Gasteiger partial charge in [0.25, 0.3) is 0 Å². The number of fused-ring (bicyclic) bond motifs is 1. The Morgan fingerprint density at radius 1 is 1.22 bits per heavy atom. The number of rotatable bonds is 7. The number of carbonyl (C=O) groups excluding carboxylic acids is 1. The maximum absolute atomic E-state index is 12.4. The van der Waals surface area contributed by atoms with E-state index in [1.54, 1.807) is 24.4 Å². The Morgan fingerprint density at radius 3 is 2.78 bits per heavy atom. The Hall–Kier alpha value is -2.41. The Bertz CT molecular complexity index is 949. The molecule has 0 bridgehead atoms. The van der Waals surface area contributed by atoms with Gasteiger partial charge in [-0.15, -0.1) is 0 Å². The highest BCUT2D eigenvalue weighted by Gasteiger charge is 2.23. The van der Waals surface area contributed by atoms with Gasteiger partial charge in [-0.2, -0.15) is 0 Å². The largest absolute Gasteiger partial charge is 0.354 e. The molecule has 3 rings (SSSR count). The van der Waals surface area contributed by atoms with Gasteiger partial charge >= 0.3 is 0 Å². The Morgan fingerprint density at radius 2 is 2.04 bits per heavy atom. The Kier molecular flexibility index (Phi) is 6.11. The number of allylic oxidation sites excluding steroid dienone is 1. The van der Waals surface area contributed by atoms with Crippen LogP contribution in [0.5, 0.6) is 0 Å². The zero-order valence-corrected chi connectivity index (χ0v) is 16.3. The predicted molar refractivity (Wildman–Crippen MR) is 108 cm³/mol. The lowest BCUT2D eigenvalue weighted by Gasteiger charge is -2.23. The lowest BCUT2D eigenvalue weighted by atomic mass is 9.97. The van der Waals surface area contributed by atoms with Crippen LogP contribution in [0.2, 0.25) is 0 Å². The normalized spacial score (nSPS) is 14.6. The molecule has 0 saturated carbocycles. The van der Waals surface area contributed by atoms with Crippen LogP contribution in [0, 0.1) is 0 Å². The van der Waals surface area contributed by atoms with Crippen molar-refractivity contribution in [1.82, 2.24) is 10.3 Å². The van der Waals surface area contributed by atoms with Crippen LogP contribution in [0.25, 0.3) is 10.9 Å². The van der Waals surface area contributed by atoms with Crippen LogP contribution < -0.4 is 9.62 Å². The number of aromatic nitrogens is 1. The molecular weight excluding hydrogens is 362 g/mol. The third kappa shape index (κ3) is 5.07. The second-order valence-corrected chi connectivity index (χ2v) is 8.74. The summed E-state index contributed by atoms with van der Waals surface area (Å²) in [6.07, 6.45) is 10.4. The van der Waals surface area contributed by atoms with Crippen LogP contribution in [0.4, 0.5) is 5.69 Å². The number of nitrogens with one attached hydrogen (secondary N) is 1. The summed E-state index contributed by atoms with van der Waals surface area (Å²) < 4.78 is 25.8. The van der Waals surface area contributed by atoms with E-state index in [0.29, 0.717) is 17.7 Å². The molecule has 0 saturated heterocycles. The molecule has 1 aromatic heterocycles. The van der Waals surface area contributed by atoms with Crippen LogP contribution >= 0.6 is 0 Å². The number of hydrogen-bond acceptors (Lipinski definition) is 4. The van der Waals surface area contributed by atoms with Crippen molar-refractivity contribution in [2.45, 2.75) is 32.1 Å². The van der Waals surface area contributed by atoms with E-state index in [1.807, 2.05) is 12.1 Å². The number of pyridine rings is 1. The number of hydrogen-bond donors (Lipinski definition) is 1. The first-order valence-corrected chi connectivity index (χ1v) is 11.1. The minimum absolute atomic E-state index is 0.256. The second kappa shape index (κ2) is 8.52. The molecule has 2 aromatic rings. The first kappa shape index (κ1) is 19.4. The van der Waals surface area contributed by atoms with Gasteiger partial charge in [-0.1, -0.05) is 29.8 Å². The van der Waals surface area contributed by atoms with Crippen molar-refractivity contribution in [2.75, 3.05) is 23.7 Å². The maximum atomic E-state index is 12.4. The molecule has 1 aliphatic carbocycles. The molecule has 144 valence electrons. The molecule has 0 unspecified atom stereocenters. The van der Waals surface area contributed by atoms with Crippen molar-refractivity contribution >= 4 is 32.5 Å². The van der Waals surface area contributed by atoms with Crippen molar-refractivity contribution in [3.8, 4) is 0 Å². The molecule has 0 fully saturated rings. The van der Waals surface area contributed by atoms with Crippen LogP contribution in [-0.2, 0) is 14.8 Å². The lowest BCUT2D eigenvalue weighted by Crippen LogP contribution is -2.40. The van der Waals surface area contributed by atoms with E-state index in [1.165, 1.54) is 18.4 Å². The molecule has 0 spiro atoms. The molecule has 0 radical (unpaired) electrons. The highest BCUT2D eigenvalue weighted by Crippen LogP contribution is 2.26. The molecule has 0 aliphatic heterocycles. The fourth-order valence-electron chi connectivity index (χ4n) is 3.35. The summed E-state index contributed by atoms with van der Waals surface area (Å²) in [5, 5.41) is 3.67. The summed E-state index contributed by atoms with van der Waals surface area (Å²) in [6, 6.07) is 8.97. The predicted octanol–water partition coefficient (Wildman–Crippen LogP) is 3.01. The van der Waals surface area contributed by atoms with Gasteiger partial charge in [-0.25, -0.2) is 8.42 Å². The van der Waals surface area contributed by atoms with E-state index < -0.39 is 10.0 Å². The number of sulfonamides is 1. The monoisotopic (exact) mass is 387 g/mol. The molecule has 1 heterocycles. The number of nitrogens with zero attached hydrogens (tertiary/aromatic N) is 2. The van der Waals surface area contributed by atoms with Crippen LogP contribution in [-0.4, -0.2) is 38.7 Å². The molecule has 1 N–H and O–H groups in total. The van der Waals surface area contributed by atoms with Crippen molar-refractivity contribution in [2.24, 2.45) is 0 Å². The zero-order chi connectivity index (χ0) is 19.3. The van der Waals surface area contributed by atoms with E-state index in [0.717, 1.165) is 35.2 Å². The van der Waals surface area contributed by atoms with Crippen molar-refractivity contribution in [3.05, 3.63) is 48.2 Å².